The number of nitrogens with one attached hydrogen (secondary N) is 1. The van der Waals surface area contributed by atoms with Gasteiger partial charge < -0.3 is 40.9 Å². The van der Waals surface area contributed by atoms with Crippen LogP contribution in [0.2, 0.25) is 0 Å². The topological polar surface area (TPSA) is 191 Å². The number of phenolic OH excluding ortho intramolecular Hbond substituents is 2. The first kappa shape index (κ1) is 27.5. The number of ketones is 2. The van der Waals surface area contributed by atoms with Gasteiger partial charge in [-0.15, -0.1) is 0 Å². The molecule has 212 valence electrons. The van der Waals surface area contributed by atoms with E-state index in [9.17, 15) is 45.0 Å². The molecule has 3 aliphatic carbocycles. The molecule has 1 aliphatic heterocycles. The molecule has 7 N–H and O–H groups in total. The zero-order chi connectivity index (χ0) is 28.6. The number of amides is 1. The third kappa shape index (κ3) is 3.80. The second kappa shape index (κ2) is 9.27. The minimum absolute atomic E-state index is 0.147. The summed E-state index contributed by atoms with van der Waals surface area (Å²) in [6, 6.07) is 1.17. The molecule has 12 nitrogen and oxygen atoms in total. The maximum atomic E-state index is 14.1. The molecular weight excluding hydrogens is 510 g/mol. The molecule has 39 heavy (non-hydrogen) atoms. The lowest BCUT2D eigenvalue weighted by Crippen LogP contribution is -2.74. The molecular formula is C27H35N3O9. The Hall–Kier alpha value is -3.03. The highest BCUT2D eigenvalue weighted by molar-refractivity contribution is 6.25. The maximum Gasteiger partial charge on any atom is 0.234 e. The Balaban J connectivity index is 1.61. The minimum Gasteiger partial charge on any atom is -0.508 e. The first-order valence-electron chi connectivity index (χ1n) is 13.1. The van der Waals surface area contributed by atoms with E-state index >= 15 is 0 Å². The van der Waals surface area contributed by atoms with Crippen molar-refractivity contribution >= 4 is 23.2 Å². The van der Waals surface area contributed by atoms with Crippen LogP contribution in [0.3, 0.4) is 0 Å². The molecule has 3 fully saturated rings. The van der Waals surface area contributed by atoms with E-state index in [1.54, 1.807) is 14.1 Å². The summed E-state index contributed by atoms with van der Waals surface area (Å²) in [5, 5.41) is 69.7. The van der Waals surface area contributed by atoms with E-state index in [2.05, 4.69) is 5.32 Å². The highest BCUT2D eigenvalue weighted by atomic mass is 16.3. The summed E-state index contributed by atoms with van der Waals surface area (Å²) in [4.78, 5) is 44.6. The average Bonchev–Trinajstić information content (AvgIpc) is 3.38. The van der Waals surface area contributed by atoms with E-state index in [0.29, 0.717) is 0 Å². The normalized spacial score (nSPS) is 36.5. The van der Waals surface area contributed by atoms with Crippen molar-refractivity contribution in [2.45, 2.75) is 49.5 Å². The van der Waals surface area contributed by atoms with Crippen molar-refractivity contribution in [3.05, 3.63) is 28.8 Å². The molecule has 0 aromatic heterocycles. The standard InChI is InChI=1S/C27H35N3O9/c1-26(38)12-10-13-20(29(2)3)22(34)18(25(37)28-11-30-8-4-5-9-30)24(36)27(13,39)23(35)16(12)21(33)17-14(31)6-7-15(32)19(17)26/h6-7,12-13,18,20,22,31-34,38-39H,4-5,8-11H2,1-3H3,(H,28,37)/t12?,13-,18?,20-,22?,26-,27-/m0/s1. The van der Waals surface area contributed by atoms with Crippen LogP contribution in [0.4, 0.5) is 0 Å². The van der Waals surface area contributed by atoms with Crippen LogP contribution in [0, 0.1) is 17.8 Å². The van der Waals surface area contributed by atoms with Crippen molar-refractivity contribution < 1.29 is 45.0 Å². The molecule has 5 rings (SSSR count). The van der Waals surface area contributed by atoms with Crippen LogP contribution in [0.5, 0.6) is 11.5 Å². The lowest BCUT2D eigenvalue weighted by atomic mass is 9.52. The second-order valence-corrected chi connectivity index (χ2v) is 11.6. The van der Waals surface area contributed by atoms with Crippen LogP contribution >= 0.6 is 0 Å². The molecule has 4 aliphatic rings. The number of Topliss-reactive ketones (excluding diaryl/α,β-unsaturated/α-hetero) is 2. The Labute approximate surface area is 225 Å². The van der Waals surface area contributed by atoms with Gasteiger partial charge in [0.2, 0.25) is 11.7 Å². The summed E-state index contributed by atoms with van der Waals surface area (Å²) in [7, 11) is 3.16. The van der Waals surface area contributed by atoms with Crippen molar-refractivity contribution in [3.63, 3.8) is 0 Å². The zero-order valence-corrected chi connectivity index (χ0v) is 22.1. The number of benzene rings is 1. The van der Waals surface area contributed by atoms with Gasteiger partial charge in [-0.25, -0.2) is 0 Å². The smallest absolute Gasteiger partial charge is 0.234 e. The summed E-state index contributed by atoms with van der Waals surface area (Å²) in [5.41, 5.74) is -5.87. The molecule has 12 heteroatoms. The van der Waals surface area contributed by atoms with E-state index in [-0.39, 0.29) is 24.2 Å². The molecule has 1 amide bonds. The van der Waals surface area contributed by atoms with Crippen LogP contribution in [-0.4, -0.2) is 110 Å². The largest absolute Gasteiger partial charge is 0.508 e. The second-order valence-electron chi connectivity index (χ2n) is 11.6. The predicted molar refractivity (Wildman–Crippen MR) is 136 cm³/mol. The Bertz CT molecular complexity index is 1270. The highest BCUT2D eigenvalue weighted by Crippen LogP contribution is 2.58. The monoisotopic (exact) mass is 545 g/mol. The van der Waals surface area contributed by atoms with E-state index in [1.165, 1.54) is 11.8 Å². The van der Waals surface area contributed by atoms with E-state index in [1.807, 2.05) is 4.90 Å². The van der Waals surface area contributed by atoms with Crippen molar-refractivity contribution in [2.24, 2.45) is 17.8 Å². The summed E-state index contributed by atoms with van der Waals surface area (Å²) < 4.78 is 0. The Morgan fingerprint density at radius 3 is 2.33 bits per heavy atom. The van der Waals surface area contributed by atoms with Crippen LogP contribution in [0.1, 0.15) is 37.3 Å². The molecule has 0 bridgehead atoms. The number of fused-ring (bicyclic) bond motifs is 3. The quantitative estimate of drug-likeness (QED) is 0.185. The van der Waals surface area contributed by atoms with Crippen molar-refractivity contribution in [1.82, 2.24) is 15.1 Å². The lowest BCUT2D eigenvalue weighted by molar-refractivity contribution is -0.188. The van der Waals surface area contributed by atoms with Crippen LogP contribution in [0.25, 0.3) is 5.76 Å². The Morgan fingerprint density at radius 2 is 1.72 bits per heavy atom. The number of hydrogen-bond donors (Lipinski definition) is 7. The van der Waals surface area contributed by atoms with Gasteiger partial charge in [0, 0.05) is 29.0 Å². The highest BCUT2D eigenvalue weighted by Gasteiger charge is 2.69. The fourth-order valence-corrected chi connectivity index (χ4v) is 7.19. The summed E-state index contributed by atoms with van der Waals surface area (Å²) in [6.07, 6.45) is 0.109. The number of aliphatic hydroxyl groups is 4. The fraction of sp³-hybridized carbons (Fsp3) is 0.593. The average molecular weight is 546 g/mol. The number of likely N-dealkylation sites (N-methyl/N-ethyl adjacent to an activating group) is 1. The van der Waals surface area contributed by atoms with Crippen molar-refractivity contribution in [3.8, 4) is 11.5 Å². The van der Waals surface area contributed by atoms with Crippen LogP contribution < -0.4 is 5.32 Å². The third-order valence-electron chi connectivity index (χ3n) is 9.12. The molecule has 7 atom stereocenters. The first-order chi connectivity index (χ1) is 18.2. The lowest BCUT2D eigenvalue weighted by Gasteiger charge is -2.55. The summed E-state index contributed by atoms with van der Waals surface area (Å²) in [6.45, 7) is 2.99. The Kier molecular flexibility index (Phi) is 6.55. The number of likely N-dealkylation sites (tertiary alicyclic amines) is 1. The predicted octanol–water partition coefficient (Wildman–Crippen LogP) is -0.816. The van der Waals surface area contributed by atoms with Crippen LogP contribution in [0.15, 0.2) is 17.7 Å². The number of carbonyl (C=O) groups excluding carboxylic acids is 3. The van der Waals surface area contributed by atoms with E-state index < -0.39 is 81.4 Å². The minimum atomic E-state index is -2.80. The Morgan fingerprint density at radius 1 is 1.10 bits per heavy atom. The van der Waals surface area contributed by atoms with Gasteiger partial charge in [-0.2, -0.15) is 0 Å². The molecule has 1 aromatic carbocycles. The van der Waals surface area contributed by atoms with Crippen molar-refractivity contribution in [2.75, 3.05) is 33.9 Å². The molecule has 1 aromatic rings. The number of hydrogen-bond acceptors (Lipinski definition) is 11. The number of carbonyl (C=O) groups is 3. The van der Waals surface area contributed by atoms with Gasteiger partial charge >= 0.3 is 0 Å². The number of nitrogens with zero attached hydrogens (tertiary/aromatic N) is 2. The van der Waals surface area contributed by atoms with E-state index in [0.717, 1.165) is 38.1 Å². The fourth-order valence-electron chi connectivity index (χ4n) is 7.19. The molecule has 0 spiro atoms. The number of phenols is 2. The van der Waals surface area contributed by atoms with E-state index in [4.69, 9.17) is 0 Å². The molecule has 3 unspecified atom stereocenters. The van der Waals surface area contributed by atoms with Gasteiger partial charge in [-0.1, -0.05) is 0 Å². The summed E-state index contributed by atoms with van der Waals surface area (Å²) in [5.74, 6) is -9.19. The van der Waals surface area contributed by atoms with Gasteiger partial charge in [0.25, 0.3) is 0 Å². The first-order valence-corrected chi connectivity index (χ1v) is 13.1. The molecule has 2 saturated carbocycles. The molecule has 1 heterocycles. The number of aliphatic hydroxyl groups excluding tert-OH is 2. The van der Waals surface area contributed by atoms with Gasteiger partial charge in [-0.3, -0.25) is 19.3 Å². The van der Waals surface area contributed by atoms with Gasteiger partial charge in [0.1, 0.15) is 23.2 Å². The molecule has 0 radical (unpaired) electrons. The van der Waals surface area contributed by atoms with Crippen molar-refractivity contribution in [1.29, 1.82) is 0 Å². The third-order valence-corrected chi connectivity index (χ3v) is 9.12. The van der Waals surface area contributed by atoms with Gasteiger partial charge in [0.05, 0.1) is 23.9 Å². The molecule has 1 saturated heterocycles. The summed E-state index contributed by atoms with van der Waals surface area (Å²) >= 11 is 0. The zero-order valence-electron chi connectivity index (χ0n) is 22.1. The van der Waals surface area contributed by atoms with Gasteiger partial charge in [-0.05, 0) is 65.5 Å². The maximum absolute atomic E-state index is 14.1. The number of aromatic hydroxyl groups is 2. The number of rotatable bonds is 4. The SMILES string of the molecule is CN(C)[C@@H]1C(O)C(C(=O)NCN2CCCC2)C(=O)[C@@]2(O)C(=O)C3=C(O)c4c(O)ccc(O)c4[C@@](C)(O)C3C[C@@H]12. The van der Waals surface area contributed by atoms with Crippen LogP contribution in [-0.2, 0) is 20.0 Å². The van der Waals surface area contributed by atoms with Gasteiger partial charge in [0.15, 0.2) is 11.4 Å².